The third kappa shape index (κ3) is 6.15. The van der Waals surface area contributed by atoms with Gasteiger partial charge in [0.05, 0.1) is 29.4 Å². The van der Waals surface area contributed by atoms with Crippen LogP contribution in [0.25, 0.3) is 0 Å². The molecule has 4 saturated heterocycles. The summed E-state index contributed by atoms with van der Waals surface area (Å²) in [5.41, 5.74) is -1.99. The van der Waals surface area contributed by atoms with Crippen LogP contribution in [-0.4, -0.2) is 112 Å². The molecule has 1 amide bonds. The highest BCUT2D eigenvalue weighted by Gasteiger charge is 2.52. The Kier molecular flexibility index (Phi) is 9.73. The minimum absolute atomic E-state index is 0.0646. The molecule has 5 aliphatic rings. The van der Waals surface area contributed by atoms with Gasteiger partial charge in [0.15, 0.2) is 5.78 Å². The largest absolute Gasteiger partial charge is 0.478 e. The number of nitrogens with zero attached hydrogens (tertiary/aromatic N) is 4. The molecule has 2 aromatic rings. The molecule has 10 nitrogen and oxygen atoms in total. The van der Waals surface area contributed by atoms with E-state index in [2.05, 4.69) is 9.80 Å². The van der Waals surface area contributed by atoms with E-state index in [0.717, 1.165) is 32.7 Å². The van der Waals surface area contributed by atoms with Crippen molar-refractivity contribution in [3.8, 4) is 0 Å². The maximum atomic E-state index is 14.0. The van der Waals surface area contributed by atoms with Gasteiger partial charge in [-0.15, -0.1) is 0 Å². The van der Waals surface area contributed by atoms with Gasteiger partial charge in [0.2, 0.25) is 5.91 Å². The summed E-state index contributed by atoms with van der Waals surface area (Å²) in [7, 11) is 1.52. The highest BCUT2D eigenvalue weighted by molar-refractivity contribution is 6.36. The van der Waals surface area contributed by atoms with Crippen molar-refractivity contribution in [3.63, 3.8) is 0 Å². The van der Waals surface area contributed by atoms with Crippen molar-refractivity contribution in [2.45, 2.75) is 44.1 Å². The molecule has 5 heterocycles. The highest BCUT2D eigenvalue weighted by Crippen LogP contribution is 2.52. The number of ketones is 1. The second-order valence-electron chi connectivity index (χ2n) is 13.3. The van der Waals surface area contributed by atoms with Crippen molar-refractivity contribution in [2.24, 2.45) is 5.92 Å². The fourth-order valence-corrected chi connectivity index (χ4v) is 9.07. The van der Waals surface area contributed by atoms with Crippen LogP contribution in [0.4, 0.5) is 0 Å². The summed E-state index contributed by atoms with van der Waals surface area (Å²) < 4.78 is 0. The van der Waals surface area contributed by atoms with E-state index >= 15 is 0 Å². The number of piperidine rings is 3. The first-order valence-electron chi connectivity index (χ1n) is 16.4. The lowest BCUT2D eigenvalue weighted by Crippen LogP contribution is -2.61. The monoisotopic (exact) mass is 694 g/mol. The lowest BCUT2D eigenvalue weighted by Gasteiger charge is -2.51. The number of Topliss-reactive ketones (excluding diaryl/α,β-unsaturated/α-hetero) is 1. The van der Waals surface area contributed by atoms with Gasteiger partial charge >= 0.3 is 11.9 Å². The lowest BCUT2D eigenvalue weighted by atomic mass is 9.66. The Morgan fingerprint density at radius 2 is 1.35 bits per heavy atom. The Bertz CT molecular complexity index is 1670. The van der Waals surface area contributed by atoms with Gasteiger partial charge in [-0.25, -0.2) is 9.59 Å². The molecule has 2 bridgehead atoms. The van der Waals surface area contributed by atoms with Crippen molar-refractivity contribution in [3.05, 3.63) is 92.2 Å². The molecule has 0 saturated carbocycles. The maximum Gasteiger partial charge on any atom is 0.334 e. The van der Waals surface area contributed by atoms with Gasteiger partial charge in [0.25, 0.3) is 0 Å². The summed E-state index contributed by atoms with van der Waals surface area (Å²) in [6.07, 6.45) is 1.74. The van der Waals surface area contributed by atoms with Gasteiger partial charge in [0, 0.05) is 78.4 Å². The van der Waals surface area contributed by atoms with E-state index in [1.165, 1.54) is 43.8 Å². The van der Waals surface area contributed by atoms with Crippen molar-refractivity contribution in [1.82, 2.24) is 19.6 Å². The van der Waals surface area contributed by atoms with Crippen LogP contribution in [0.5, 0.6) is 0 Å². The van der Waals surface area contributed by atoms with Crippen LogP contribution in [0.3, 0.4) is 0 Å². The molecule has 4 fully saturated rings. The summed E-state index contributed by atoms with van der Waals surface area (Å²) in [4.78, 5) is 62.3. The van der Waals surface area contributed by atoms with Crippen molar-refractivity contribution < 1.29 is 29.4 Å². The van der Waals surface area contributed by atoms with Crippen molar-refractivity contribution in [2.75, 3.05) is 52.9 Å². The Morgan fingerprint density at radius 3 is 1.88 bits per heavy atom. The molecule has 254 valence electrons. The summed E-state index contributed by atoms with van der Waals surface area (Å²) in [6, 6.07) is 13.6. The average Bonchev–Trinajstić information content (AvgIpc) is 3.07. The smallest absolute Gasteiger partial charge is 0.334 e. The number of amides is 1. The molecule has 5 aliphatic heterocycles. The summed E-state index contributed by atoms with van der Waals surface area (Å²) in [6.45, 7) is 7.29. The number of benzene rings is 2. The zero-order chi connectivity index (χ0) is 34.3. The Labute approximate surface area is 290 Å². The topological polar surface area (TPSA) is 122 Å². The molecule has 0 aromatic heterocycles. The predicted molar refractivity (Wildman–Crippen MR) is 182 cm³/mol. The van der Waals surface area contributed by atoms with Crippen molar-refractivity contribution >= 4 is 46.8 Å². The summed E-state index contributed by atoms with van der Waals surface area (Å²) in [5, 5.41) is 21.7. The maximum absolute atomic E-state index is 14.0. The zero-order valence-corrected chi connectivity index (χ0v) is 28.6. The second kappa shape index (κ2) is 13.7. The van der Waals surface area contributed by atoms with Crippen LogP contribution in [0, 0.1) is 5.92 Å². The Balaban J connectivity index is 1.38. The number of carboxylic acid groups (broad SMARTS) is 2. The number of carbonyl (C=O) groups is 4. The Hall–Kier alpha value is -3.70. The minimum Gasteiger partial charge on any atom is -0.478 e. The van der Waals surface area contributed by atoms with Gasteiger partial charge in [-0.3, -0.25) is 14.5 Å². The van der Waals surface area contributed by atoms with E-state index < -0.39 is 17.4 Å². The number of carboxylic acids is 2. The van der Waals surface area contributed by atoms with E-state index in [0.29, 0.717) is 30.6 Å². The summed E-state index contributed by atoms with van der Waals surface area (Å²) >= 11 is 13.4. The van der Waals surface area contributed by atoms with Gasteiger partial charge in [0.1, 0.15) is 0 Å². The molecule has 2 atom stereocenters. The van der Waals surface area contributed by atoms with Gasteiger partial charge in [-0.05, 0) is 50.9 Å². The van der Waals surface area contributed by atoms with Gasteiger partial charge in [-0.1, -0.05) is 59.6 Å². The fourth-order valence-electron chi connectivity index (χ4n) is 8.30. The van der Waals surface area contributed by atoms with Crippen molar-refractivity contribution in [1.29, 1.82) is 0 Å². The zero-order valence-electron chi connectivity index (χ0n) is 27.1. The van der Waals surface area contributed by atoms with Crippen LogP contribution >= 0.6 is 23.2 Å². The third-order valence-corrected chi connectivity index (χ3v) is 11.4. The first kappa shape index (κ1) is 34.2. The number of fused-ring (bicyclic) bond motifs is 3. The lowest BCUT2D eigenvalue weighted by molar-refractivity contribution is -0.134. The SMILES string of the molecule is CN1C(CC(=O)c2ccccc2)=C(C(=O)O)C(C)(c2c(Cl)cccc2Cl)C(C(=O)O)=C1CC(=O)N1CCN(C2CN3CCC2CC3)CC1. The van der Waals surface area contributed by atoms with Crippen LogP contribution in [0.15, 0.2) is 71.1 Å². The molecular weight excluding hydrogens is 655 g/mol. The first-order valence-corrected chi connectivity index (χ1v) is 17.1. The molecule has 2 aromatic carbocycles. The highest BCUT2D eigenvalue weighted by atomic mass is 35.5. The third-order valence-electron chi connectivity index (χ3n) is 10.8. The molecule has 0 aliphatic carbocycles. The van der Waals surface area contributed by atoms with Crippen LogP contribution < -0.4 is 0 Å². The number of aliphatic carboxylic acids is 2. The summed E-state index contributed by atoms with van der Waals surface area (Å²) in [5.74, 6) is -2.80. The molecule has 48 heavy (non-hydrogen) atoms. The van der Waals surface area contributed by atoms with Crippen LogP contribution in [-0.2, 0) is 19.8 Å². The second-order valence-corrected chi connectivity index (χ2v) is 14.1. The molecule has 12 heteroatoms. The van der Waals surface area contributed by atoms with Crippen LogP contribution in [0.2, 0.25) is 10.0 Å². The van der Waals surface area contributed by atoms with E-state index in [4.69, 9.17) is 23.2 Å². The minimum atomic E-state index is -1.92. The number of allylic oxidation sites excluding steroid dienone is 1. The number of piperazine rings is 1. The van der Waals surface area contributed by atoms with Gasteiger partial charge < -0.3 is 24.9 Å². The quantitative estimate of drug-likeness (QED) is 0.358. The number of carbonyl (C=O) groups excluding carboxylic acids is 2. The predicted octanol–water partition coefficient (Wildman–Crippen LogP) is 4.78. The molecule has 7 rings (SSSR count). The number of hydrogen-bond acceptors (Lipinski definition) is 7. The number of halogens is 2. The average molecular weight is 696 g/mol. The van der Waals surface area contributed by atoms with Crippen LogP contribution in [0.1, 0.15) is 48.5 Å². The standard InChI is InChI=1S/C36H40Cl2N4O6/c1-36(31-24(37)9-6-10-25(31)38)32(34(45)46)26(19-29(43)23-7-4-3-5-8-23)39(2)27(33(36)35(47)48)20-30(44)42-17-15-41(16-18-42)28-21-40-13-11-22(28)12-14-40/h3-10,22,28H,11-21H2,1-2H3,(H,45,46)(H,47,48). The normalized spacial score (nSPS) is 26.2. The number of rotatable bonds is 9. The van der Waals surface area contributed by atoms with E-state index in [1.807, 2.05) is 0 Å². The molecule has 0 radical (unpaired) electrons. The fraction of sp³-hybridized carbons (Fsp3) is 0.444. The Morgan fingerprint density at radius 1 is 0.792 bits per heavy atom. The van der Waals surface area contributed by atoms with E-state index in [9.17, 15) is 29.4 Å². The first-order chi connectivity index (χ1) is 22.9. The molecule has 2 unspecified atom stereocenters. The number of hydrogen-bond donors (Lipinski definition) is 2. The molecule has 2 N–H and O–H groups in total. The van der Waals surface area contributed by atoms with Gasteiger partial charge in [-0.2, -0.15) is 0 Å². The van der Waals surface area contributed by atoms with E-state index in [-0.39, 0.29) is 62.7 Å². The molecular formula is C36H40Cl2N4O6. The van der Waals surface area contributed by atoms with E-state index in [1.54, 1.807) is 41.3 Å². The molecule has 0 spiro atoms.